The lowest BCUT2D eigenvalue weighted by Crippen LogP contribution is -3.00. The monoisotopic (exact) mass is 547 g/mol. The average Bonchev–Trinajstić information content (AvgIpc) is 3.10. The number of nitrogens with zero attached hydrogens (tertiary/aromatic N) is 1. The number of benzene rings is 1. The zero-order valence-electron chi connectivity index (χ0n) is 19.1. The highest BCUT2D eigenvalue weighted by Crippen LogP contribution is 2.61. The van der Waals surface area contributed by atoms with Crippen molar-refractivity contribution in [1.29, 1.82) is 0 Å². The Balaban J connectivity index is 0.00000245. The van der Waals surface area contributed by atoms with E-state index in [1.165, 1.54) is 17.5 Å². The number of esters is 1. The maximum atomic E-state index is 13.0. The first-order valence-electron chi connectivity index (χ1n) is 12.0. The fourth-order valence-corrected chi connectivity index (χ4v) is 6.95. The van der Waals surface area contributed by atoms with Gasteiger partial charge in [0.1, 0.15) is 24.0 Å². The largest absolute Gasteiger partial charge is 1.00 e. The Hall–Kier alpha value is -1.63. The number of halogens is 1. The predicted molar refractivity (Wildman–Crippen MR) is 119 cm³/mol. The second-order valence-electron chi connectivity index (χ2n) is 10.1. The molecule has 0 bridgehead atoms. The number of ether oxygens (including phenoxy) is 1. The minimum atomic E-state index is -0.177. The van der Waals surface area contributed by atoms with Crippen LogP contribution in [0.2, 0.25) is 0 Å². The van der Waals surface area contributed by atoms with Crippen molar-refractivity contribution < 1.29 is 43.2 Å². The summed E-state index contributed by atoms with van der Waals surface area (Å²) >= 11 is 0. The molecule has 4 nitrogen and oxygen atoms in total. The van der Waals surface area contributed by atoms with Crippen LogP contribution in [0.25, 0.3) is 0 Å². The van der Waals surface area contributed by atoms with Crippen LogP contribution in [0.1, 0.15) is 79.8 Å². The van der Waals surface area contributed by atoms with E-state index in [9.17, 15) is 9.90 Å². The Morgan fingerprint density at radius 1 is 1.22 bits per heavy atom. The Bertz CT molecular complexity index is 993. The van der Waals surface area contributed by atoms with E-state index >= 15 is 0 Å². The lowest BCUT2D eigenvalue weighted by Gasteiger charge is -2.50. The van der Waals surface area contributed by atoms with Gasteiger partial charge in [0.25, 0.3) is 0 Å². The highest BCUT2D eigenvalue weighted by molar-refractivity contribution is 5.88. The third-order valence-electron chi connectivity index (χ3n) is 8.45. The minimum Gasteiger partial charge on any atom is -1.00 e. The number of carbonyl (C=O) groups excluding carboxylic acids is 1. The number of aromatic nitrogens is 1. The van der Waals surface area contributed by atoms with Crippen LogP contribution in [0, 0.1) is 17.3 Å². The molecule has 2 saturated carbocycles. The van der Waals surface area contributed by atoms with Gasteiger partial charge in [-0.25, -0.2) is 9.36 Å². The quantitative estimate of drug-likeness (QED) is 0.363. The first kappa shape index (κ1) is 23.5. The molecule has 1 heterocycles. The Kier molecular flexibility index (Phi) is 6.85. The number of phenolic OH excluding ortho intramolecular Hbond substituents is 1. The average molecular weight is 547 g/mol. The molecule has 1 N–H and O–H groups in total. The fourth-order valence-electron chi connectivity index (χ4n) is 6.95. The molecule has 0 saturated heterocycles. The standard InChI is InChI=1S/C27H33NO3.HI/c1-3-14-28-15-4-5-19(17-28)26(30)31-25-11-10-24-23-8-6-18-16-20(29)7-9-21(18)22(23)12-13-27(24,25)2;/h4-5,7,9,15-17,22-25H,3,6,8,10-14H2,1-2H3;1H/t22-,23-,24+,25-,27+;/m1./s1. The smallest absolute Gasteiger partial charge is 0.344 e. The number of aryl methyl sites for hydroxylation is 2. The van der Waals surface area contributed by atoms with Crippen LogP contribution in [0.15, 0.2) is 42.7 Å². The molecule has 5 heteroatoms. The molecule has 0 aliphatic heterocycles. The van der Waals surface area contributed by atoms with Crippen LogP contribution in [0.4, 0.5) is 0 Å². The Labute approximate surface area is 208 Å². The van der Waals surface area contributed by atoms with Gasteiger partial charge >= 0.3 is 5.97 Å². The van der Waals surface area contributed by atoms with E-state index in [0.29, 0.717) is 29.1 Å². The van der Waals surface area contributed by atoms with E-state index in [2.05, 4.69) is 24.5 Å². The first-order chi connectivity index (χ1) is 15.0. The van der Waals surface area contributed by atoms with E-state index in [-0.39, 0.29) is 41.5 Å². The molecule has 172 valence electrons. The molecule has 0 unspecified atom stereocenters. The molecular formula is C27H34INO3. The predicted octanol–water partition coefficient (Wildman–Crippen LogP) is 2.18. The maximum Gasteiger partial charge on any atom is 0.344 e. The molecule has 2 fully saturated rings. The first-order valence-corrected chi connectivity index (χ1v) is 12.0. The van der Waals surface area contributed by atoms with Crippen molar-refractivity contribution >= 4 is 5.97 Å². The van der Waals surface area contributed by atoms with Crippen LogP contribution in [-0.2, 0) is 17.7 Å². The van der Waals surface area contributed by atoms with Crippen LogP contribution in [-0.4, -0.2) is 17.2 Å². The molecule has 1 aromatic heterocycles. The van der Waals surface area contributed by atoms with E-state index in [0.717, 1.165) is 45.1 Å². The number of carbonyl (C=O) groups is 1. The molecule has 0 amide bonds. The topological polar surface area (TPSA) is 50.4 Å². The highest BCUT2D eigenvalue weighted by Gasteiger charge is 2.56. The SMILES string of the molecule is CCC[n+]1cccc(C(=O)O[C@@H]2CC[C@H]3[C@@H]4CCc5cc(O)ccc5[C@H]4CC[C@]23C)c1.[I-]. The second kappa shape index (κ2) is 9.32. The summed E-state index contributed by atoms with van der Waals surface area (Å²) in [6, 6.07) is 9.77. The zero-order chi connectivity index (χ0) is 21.6. The summed E-state index contributed by atoms with van der Waals surface area (Å²) in [5, 5.41) is 9.89. The van der Waals surface area contributed by atoms with Crippen LogP contribution >= 0.6 is 0 Å². The van der Waals surface area contributed by atoms with Crippen molar-refractivity contribution in [3.8, 4) is 5.75 Å². The highest BCUT2D eigenvalue weighted by atomic mass is 127. The van der Waals surface area contributed by atoms with Crippen molar-refractivity contribution in [2.45, 2.75) is 77.4 Å². The molecule has 5 atom stereocenters. The van der Waals surface area contributed by atoms with Gasteiger partial charge in [-0.15, -0.1) is 0 Å². The van der Waals surface area contributed by atoms with Crippen molar-refractivity contribution in [2.24, 2.45) is 17.3 Å². The summed E-state index contributed by atoms with van der Waals surface area (Å²) in [6.45, 7) is 5.42. The maximum absolute atomic E-state index is 13.0. The van der Waals surface area contributed by atoms with Gasteiger partial charge in [-0.2, -0.15) is 0 Å². The molecule has 3 aliphatic carbocycles. The fraction of sp³-hybridized carbons (Fsp3) is 0.556. The molecule has 0 radical (unpaired) electrons. The van der Waals surface area contributed by atoms with Crippen molar-refractivity contribution in [3.05, 3.63) is 59.4 Å². The summed E-state index contributed by atoms with van der Waals surface area (Å²) in [6.07, 6.45) is 11.6. The molecule has 32 heavy (non-hydrogen) atoms. The van der Waals surface area contributed by atoms with E-state index in [4.69, 9.17) is 4.74 Å². The summed E-state index contributed by atoms with van der Waals surface area (Å²) in [7, 11) is 0. The number of pyridine rings is 1. The van der Waals surface area contributed by atoms with Gasteiger partial charge in [0, 0.05) is 17.9 Å². The van der Waals surface area contributed by atoms with E-state index in [1.54, 1.807) is 0 Å². The van der Waals surface area contributed by atoms with Gasteiger partial charge in [-0.3, -0.25) is 0 Å². The van der Waals surface area contributed by atoms with Gasteiger partial charge in [0.15, 0.2) is 12.4 Å². The van der Waals surface area contributed by atoms with Crippen LogP contribution in [0.5, 0.6) is 5.75 Å². The third-order valence-corrected chi connectivity index (χ3v) is 8.45. The molecule has 3 aliphatic rings. The Morgan fingerprint density at radius 3 is 2.88 bits per heavy atom. The van der Waals surface area contributed by atoms with Gasteiger partial charge in [-0.05, 0) is 85.6 Å². The summed E-state index contributed by atoms with van der Waals surface area (Å²) in [5.41, 5.74) is 3.50. The third kappa shape index (κ3) is 4.06. The Morgan fingerprint density at radius 2 is 2.06 bits per heavy atom. The van der Waals surface area contributed by atoms with Crippen LogP contribution in [0.3, 0.4) is 0 Å². The van der Waals surface area contributed by atoms with Crippen molar-refractivity contribution in [1.82, 2.24) is 0 Å². The lowest BCUT2D eigenvalue weighted by atomic mass is 9.55. The lowest BCUT2D eigenvalue weighted by molar-refractivity contribution is -0.697. The van der Waals surface area contributed by atoms with Gasteiger partial charge in [0.05, 0.1) is 0 Å². The van der Waals surface area contributed by atoms with Gasteiger partial charge in [0.2, 0.25) is 0 Å². The molecular weight excluding hydrogens is 513 g/mol. The zero-order valence-corrected chi connectivity index (χ0v) is 21.3. The number of hydrogen-bond donors (Lipinski definition) is 1. The number of phenols is 1. The normalized spacial score (nSPS) is 30.4. The van der Waals surface area contributed by atoms with E-state index < -0.39 is 0 Å². The molecule has 5 rings (SSSR count). The summed E-state index contributed by atoms with van der Waals surface area (Å²) < 4.78 is 8.25. The minimum absolute atomic E-state index is 0. The summed E-state index contributed by atoms with van der Waals surface area (Å²) in [5.74, 6) is 2.05. The number of rotatable bonds is 4. The van der Waals surface area contributed by atoms with Crippen molar-refractivity contribution in [3.63, 3.8) is 0 Å². The molecule has 0 spiro atoms. The molecule has 2 aromatic rings. The number of fused-ring (bicyclic) bond motifs is 5. The summed E-state index contributed by atoms with van der Waals surface area (Å²) in [4.78, 5) is 13.0. The van der Waals surface area contributed by atoms with E-state index in [1.807, 2.05) is 36.7 Å². The van der Waals surface area contributed by atoms with Crippen LogP contribution < -0.4 is 28.5 Å². The second-order valence-corrected chi connectivity index (χ2v) is 10.1. The van der Waals surface area contributed by atoms with Gasteiger partial charge in [-0.1, -0.05) is 19.9 Å². The van der Waals surface area contributed by atoms with Gasteiger partial charge < -0.3 is 33.8 Å². The van der Waals surface area contributed by atoms with Crippen molar-refractivity contribution in [2.75, 3.05) is 0 Å². The number of aromatic hydroxyl groups is 1. The number of hydrogen-bond acceptors (Lipinski definition) is 3. The molecule has 1 aromatic carbocycles.